The van der Waals surface area contributed by atoms with Crippen molar-refractivity contribution in [3.8, 4) is 0 Å². The molecule has 1 N–H and O–H groups in total. The molecule has 106 valence electrons. The molecule has 1 aromatic carbocycles. The number of hydrogen-bond donors (Lipinski definition) is 1. The number of halogens is 2. The van der Waals surface area contributed by atoms with Crippen molar-refractivity contribution in [3.05, 3.63) is 33.8 Å². The van der Waals surface area contributed by atoms with Gasteiger partial charge in [-0.05, 0) is 23.8 Å². The van der Waals surface area contributed by atoms with Gasteiger partial charge in [-0.2, -0.15) is 23.5 Å². The van der Waals surface area contributed by atoms with E-state index in [2.05, 4.69) is 13.8 Å². The Hall–Kier alpha value is 0.460. The van der Waals surface area contributed by atoms with E-state index in [4.69, 9.17) is 23.2 Å². The normalized spacial score (nSPS) is 29.2. The second kappa shape index (κ2) is 6.95. The van der Waals surface area contributed by atoms with Crippen LogP contribution in [-0.4, -0.2) is 32.7 Å². The van der Waals surface area contributed by atoms with Gasteiger partial charge in [0.25, 0.3) is 0 Å². The van der Waals surface area contributed by atoms with Gasteiger partial charge in [-0.3, -0.25) is 0 Å². The quantitative estimate of drug-likeness (QED) is 0.876. The largest absolute Gasteiger partial charge is 0.392 e. The Balaban J connectivity index is 2.01. The number of aliphatic hydroxyl groups is 1. The number of aliphatic hydroxyl groups excluding tert-OH is 1. The van der Waals surface area contributed by atoms with Crippen LogP contribution in [0.2, 0.25) is 10.0 Å². The predicted molar refractivity (Wildman–Crippen MR) is 88.9 cm³/mol. The summed E-state index contributed by atoms with van der Waals surface area (Å²) in [5.74, 6) is 0.996. The Morgan fingerprint density at radius 1 is 1.32 bits per heavy atom. The minimum atomic E-state index is -0.372. The van der Waals surface area contributed by atoms with Crippen molar-refractivity contribution < 1.29 is 5.11 Å². The van der Waals surface area contributed by atoms with Crippen LogP contribution in [0.4, 0.5) is 0 Å². The van der Waals surface area contributed by atoms with Gasteiger partial charge in [-0.1, -0.05) is 37.0 Å². The molecular weight excluding hydrogens is 319 g/mol. The van der Waals surface area contributed by atoms with Crippen LogP contribution in [0.25, 0.3) is 0 Å². The molecule has 1 fully saturated rings. The highest BCUT2D eigenvalue weighted by Crippen LogP contribution is 2.38. The van der Waals surface area contributed by atoms with Gasteiger partial charge in [0.05, 0.1) is 6.10 Å². The van der Waals surface area contributed by atoms with Gasteiger partial charge in [-0.15, -0.1) is 0 Å². The lowest BCUT2D eigenvalue weighted by Gasteiger charge is -2.34. The smallest absolute Gasteiger partial charge is 0.0707 e. The summed E-state index contributed by atoms with van der Waals surface area (Å²) in [6, 6.07) is 5.41. The first kappa shape index (κ1) is 15.8. The van der Waals surface area contributed by atoms with Crippen LogP contribution in [0.5, 0.6) is 0 Å². The molecule has 1 heterocycles. The van der Waals surface area contributed by atoms with Crippen LogP contribution in [0, 0.1) is 0 Å². The third-order valence-corrected chi connectivity index (χ3v) is 7.58. The number of benzene rings is 1. The molecule has 4 atom stereocenters. The summed E-state index contributed by atoms with van der Waals surface area (Å²) in [6.45, 7) is 4.48. The number of thioether (sulfide) groups is 2. The summed E-state index contributed by atoms with van der Waals surface area (Å²) < 4.78 is 0. The Morgan fingerprint density at radius 2 is 2.05 bits per heavy atom. The molecule has 0 aromatic heterocycles. The van der Waals surface area contributed by atoms with Crippen LogP contribution < -0.4 is 0 Å². The van der Waals surface area contributed by atoms with Gasteiger partial charge in [-0.25, -0.2) is 0 Å². The monoisotopic (exact) mass is 336 g/mol. The van der Waals surface area contributed by atoms with Gasteiger partial charge in [0.15, 0.2) is 0 Å². The highest BCUT2D eigenvalue weighted by atomic mass is 35.5. The molecule has 4 unspecified atom stereocenters. The molecule has 19 heavy (non-hydrogen) atoms. The standard InChI is InChI=1S/C14H18Cl2OS2/c1-8-9(2)19-14(7-18-8)13(17)6-10-5-11(15)3-4-12(10)16/h3-5,8-9,13-14,17H,6-7H2,1-2H3. The summed E-state index contributed by atoms with van der Waals surface area (Å²) in [6.07, 6.45) is 0.196. The molecule has 0 saturated carbocycles. The zero-order valence-corrected chi connectivity index (χ0v) is 14.1. The molecule has 2 rings (SSSR count). The van der Waals surface area contributed by atoms with E-state index in [-0.39, 0.29) is 11.4 Å². The van der Waals surface area contributed by atoms with Crippen molar-refractivity contribution in [2.45, 2.75) is 42.1 Å². The van der Waals surface area contributed by atoms with Crippen molar-refractivity contribution in [1.82, 2.24) is 0 Å². The molecule has 1 aromatic rings. The Labute approximate surface area is 133 Å². The second-order valence-corrected chi connectivity index (χ2v) is 8.80. The van der Waals surface area contributed by atoms with E-state index < -0.39 is 0 Å². The number of rotatable bonds is 3. The van der Waals surface area contributed by atoms with Crippen LogP contribution in [-0.2, 0) is 6.42 Å². The van der Waals surface area contributed by atoms with Crippen molar-refractivity contribution in [2.24, 2.45) is 0 Å². The van der Waals surface area contributed by atoms with E-state index in [1.165, 1.54) is 0 Å². The fraction of sp³-hybridized carbons (Fsp3) is 0.571. The Bertz CT molecular complexity index is 441. The average Bonchev–Trinajstić information content (AvgIpc) is 2.37. The van der Waals surface area contributed by atoms with E-state index in [1.54, 1.807) is 12.1 Å². The van der Waals surface area contributed by atoms with Crippen molar-refractivity contribution in [1.29, 1.82) is 0 Å². The zero-order chi connectivity index (χ0) is 14.0. The molecular formula is C14H18Cl2OS2. The minimum absolute atomic E-state index is 0.270. The lowest BCUT2D eigenvalue weighted by Crippen LogP contribution is -2.35. The third-order valence-electron chi connectivity index (χ3n) is 3.44. The molecule has 1 aliphatic rings. The molecule has 1 saturated heterocycles. The van der Waals surface area contributed by atoms with E-state index in [0.29, 0.717) is 27.0 Å². The maximum atomic E-state index is 10.4. The SMILES string of the molecule is CC1SCC(C(O)Cc2cc(Cl)ccc2Cl)SC1C. The first-order valence-electron chi connectivity index (χ1n) is 6.36. The Morgan fingerprint density at radius 3 is 2.74 bits per heavy atom. The van der Waals surface area contributed by atoms with E-state index in [1.807, 2.05) is 29.6 Å². The average molecular weight is 337 g/mol. The van der Waals surface area contributed by atoms with E-state index in [0.717, 1.165) is 11.3 Å². The first-order valence-corrected chi connectivity index (χ1v) is 9.11. The maximum Gasteiger partial charge on any atom is 0.0707 e. The van der Waals surface area contributed by atoms with Crippen LogP contribution in [0.15, 0.2) is 18.2 Å². The van der Waals surface area contributed by atoms with Gasteiger partial charge in [0.2, 0.25) is 0 Å². The molecule has 0 bridgehead atoms. The topological polar surface area (TPSA) is 20.2 Å². The summed E-state index contributed by atoms with van der Waals surface area (Å²) >= 11 is 16.0. The van der Waals surface area contributed by atoms with E-state index >= 15 is 0 Å². The van der Waals surface area contributed by atoms with Gasteiger partial charge in [0, 0.05) is 38.0 Å². The van der Waals surface area contributed by atoms with Gasteiger partial charge in [0.1, 0.15) is 0 Å². The second-order valence-electron chi connectivity index (χ2n) is 4.93. The summed E-state index contributed by atoms with van der Waals surface area (Å²) in [7, 11) is 0. The highest BCUT2D eigenvalue weighted by molar-refractivity contribution is 8.07. The van der Waals surface area contributed by atoms with E-state index in [9.17, 15) is 5.11 Å². The minimum Gasteiger partial charge on any atom is -0.392 e. The number of hydrogen-bond acceptors (Lipinski definition) is 3. The molecule has 0 radical (unpaired) electrons. The maximum absolute atomic E-state index is 10.4. The molecule has 0 spiro atoms. The molecule has 1 nitrogen and oxygen atoms in total. The highest BCUT2D eigenvalue weighted by Gasteiger charge is 2.30. The van der Waals surface area contributed by atoms with Gasteiger partial charge < -0.3 is 5.11 Å². The fourth-order valence-electron chi connectivity index (χ4n) is 2.07. The summed E-state index contributed by atoms with van der Waals surface area (Å²) in [4.78, 5) is 0. The first-order chi connectivity index (χ1) is 8.97. The molecule has 0 aliphatic carbocycles. The molecule has 0 amide bonds. The van der Waals surface area contributed by atoms with Crippen LogP contribution in [0.3, 0.4) is 0 Å². The summed E-state index contributed by atoms with van der Waals surface area (Å²) in [5, 5.41) is 13.3. The van der Waals surface area contributed by atoms with Crippen molar-refractivity contribution >= 4 is 46.7 Å². The zero-order valence-electron chi connectivity index (χ0n) is 11.0. The predicted octanol–water partition coefficient (Wildman–Crippen LogP) is 4.52. The molecule has 1 aliphatic heterocycles. The lowest BCUT2D eigenvalue weighted by atomic mass is 10.1. The molecule has 5 heteroatoms. The Kier molecular flexibility index (Phi) is 5.79. The fourth-order valence-corrected chi connectivity index (χ4v) is 5.47. The van der Waals surface area contributed by atoms with Crippen molar-refractivity contribution in [2.75, 3.05) is 5.75 Å². The van der Waals surface area contributed by atoms with Crippen LogP contribution >= 0.6 is 46.7 Å². The lowest BCUT2D eigenvalue weighted by molar-refractivity contribution is 0.177. The van der Waals surface area contributed by atoms with Crippen molar-refractivity contribution in [3.63, 3.8) is 0 Å². The van der Waals surface area contributed by atoms with Crippen LogP contribution in [0.1, 0.15) is 19.4 Å². The summed E-state index contributed by atoms with van der Waals surface area (Å²) in [5.41, 5.74) is 0.929. The third kappa shape index (κ3) is 4.21. The van der Waals surface area contributed by atoms with Gasteiger partial charge >= 0.3 is 0 Å².